The number of benzene rings is 2. The van der Waals surface area contributed by atoms with Gasteiger partial charge in [-0.05, 0) is 69.4 Å². The highest BCUT2D eigenvalue weighted by atomic mass is 127. The molecule has 0 atom stereocenters. The first-order valence-corrected chi connectivity index (χ1v) is 9.12. The first kappa shape index (κ1) is 15.9. The smallest absolute Gasteiger partial charge is 0.199 e. The second-order valence-electron chi connectivity index (χ2n) is 4.99. The molecule has 0 aliphatic heterocycles. The third kappa shape index (κ3) is 2.42. The van der Waals surface area contributed by atoms with Gasteiger partial charge in [-0.3, -0.25) is 0 Å². The Balaban J connectivity index is 2.17. The number of halogens is 2. The average Bonchev–Trinajstić information content (AvgIpc) is 2.61. The van der Waals surface area contributed by atoms with Crippen LogP contribution < -0.4 is 9.47 Å². The van der Waals surface area contributed by atoms with Crippen LogP contribution in [0.25, 0.3) is 33.4 Å². The fourth-order valence-electron chi connectivity index (χ4n) is 2.50. The zero-order chi connectivity index (χ0) is 16.8. The standard InChI is InChI=1S/C16H10I2N4O2/c1-23-9-5-6-10(24-2)14-13(9)21-15-16(22-14)20-12-8(18)4-3-7(17)11(12)19-15/h3-6H,1-2H3. The summed E-state index contributed by atoms with van der Waals surface area (Å²) >= 11 is 4.50. The highest BCUT2D eigenvalue weighted by Crippen LogP contribution is 2.32. The number of hydrogen-bond acceptors (Lipinski definition) is 6. The van der Waals surface area contributed by atoms with Gasteiger partial charge in [-0.15, -0.1) is 0 Å². The quantitative estimate of drug-likeness (QED) is 0.282. The number of fused-ring (bicyclic) bond motifs is 3. The molecule has 24 heavy (non-hydrogen) atoms. The van der Waals surface area contributed by atoms with E-state index in [-0.39, 0.29) is 0 Å². The summed E-state index contributed by atoms with van der Waals surface area (Å²) < 4.78 is 12.8. The lowest BCUT2D eigenvalue weighted by atomic mass is 10.2. The van der Waals surface area contributed by atoms with Crippen LogP contribution in [0.3, 0.4) is 0 Å². The van der Waals surface area contributed by atoms with Crippen molar-refractivity contribution in [3.8, 4) is 11.5 Å². The van der Waals surface area contributed by atoms with Crippen LogP contribution in [0, 0.1) is 7.14 Å². The van der Waals surface area contributed by atoms with Crippen molar-refractivity contribution in [3.05, 3.63) is 31.4 Å². The Bertz CT molecular complexity index is 1030. The predicted molar refractivity (Wildman–Crippen MR) is 109 cm³/mol. The van der Waals surface area contributed by atoms with E-state index in [4.69, 9.17) is 9.47 Å². The van der Waals surface area contributed by atoms with Gasteiger partial charge >= 0.3 is 0 Å². The molecule has 0 saturated heterocycles. The highest BCUT2D eigenvalue weighted by molar-refractivity contribution is 14.1. The largest absolute Gasteiger partial charge is 0.494 e. The van der Waals surface area contributed by atoms with E-state index in [0.717, 1.165) is 18.2 Å². The van der Waals surface area contributed by atoms with E-state index >= 15 is 0 Å². The lowest BCUT2D eigenvalue weighted by molar-refractivity contribution is 0.409. The SMILES string of the molecule is COc1ccc(OC)c2nc3nc4c(I)ccc(I)c4nc3nc12. The van der Waals surface area contributed by atoms with Gasteiger partial charge in [0.05, 0.1) is 14.2 Å². The molecule has 0 fully saturated rings. The van der Waals surface area contributed by atoms with Crippen molar-refractivity contribution < 1.29 is 9.47 Å². The van der Waals surface area contributed by atoms with Crippen molar-refractivity contribution in [2.45, 2.75) is 0 Å². The Labute approximate surface area is 164 Å². The normalized spacial score (nSPS) is 11.3. The molecule has 0 amide bonds. The first-order chi connectivity index (χ1) is 11.6. The number of hydrogen-bond donors (Lipinski definition) is 0. The molecule has 2 aromatic heterocycles. The molecule has 0 saturated carbocycles. The average molecular weight is 544 g/mol. The summed E-state index contributed by atoms with van der Waals surface area (Å²) in [7, 11) is 3.20. The molecule has 0 N–H and O–H groups in total. The lowest BCUT2D eigenvalue weighted by Gasteiger charge is -2.09. The van der Waals surface area contributed by atoms with Gasteiger partial charge in [-0.2, -0.15) is 0 Å². The molecule has 0 bridgehead atoms. The molecule has 4 rings (SSSR count). The minimum absolute atomic E-state index is 0.487. The van der Waals surface area contributed by atoms with Gasteiger partial charge < -0.3 is 9.47 Å². The van der Waals surface area contributed by atoms with Gasteiger partial charge in [0.1, 0.15) is 33.6 Å². The Morgan fingerprint density at radius 1 is 0.625 bits per heavy atom. The van der Waals surface area contributed by atoms with Crippen LogP contribution in [0.2, 0.25) is 0 Å². The zero-order valence-corrected chi connectivity index (χ0v) is 17.0. The number of aromatic nitrogens is 4. The van der Waals surface area contributed by atoms with Gasteiger partial charge in [0, 0.05) is 7.14 Å². The van der Waals surface area contributed by atoms with Crippen LogP contribution in [-0.2, 0) is 0 Å². The van der Waals surface area contributed by atoms with E-state index in [2.05, 4.69) is 65.1 Å². The summed E-state index contributed by atoms with van der Waals surface area (Å²) in [5.74, 6) is 1.25. The maximum absolute atomic E-state index is 5.40. The highest BCUT2D eigenvalue weighted by Gasteiger charge is 2.15. The van der Waals surface area contributed by atoms with E-state index in [9.17, 15) is 0 Å². The van der Waals surface area contributed by atoms with Crippen molar-refractivity contribution in [3.63, 3.8) is 0 Å². The topological polar surface area (TPSA) is 70.0 Å². The molecule has 8 heteroatoms. The monoisotopic (exact) mass is 544 g/mol. The second kappa shape index (κ2) is 6.06. The molecular formula is C16H10I2N4O2. The minimum atomic E-state index is 0.487. The van der Waals surface area contributed by atoms with Gasteiger partial charge in [0.25, 0.3) is 0 Å². The van der Waals surface area contributed by atoms with Crippen molar-refractivity contribution in [2.24, 2.45) is 0 Å². The van der Waals surface area contributed by atoms with E-state index in [1.165, 1.54) is 0 Å². The number of ether oxygens (including phenoxy) is 2. The van der Waals surface area contributed by atoms with E-state index in [0.29, 0.717) is 33.8 Å². The maximum atomic E-state index is 5.40. The molecule has 2 aromatic carbocycles. The Morgan fingerprint density at radius 3 is 1.38 bits per heavy atom. The fourth-order valence-corrected chi connectivity index (χ4v) is 3.62. The molecular weight excluding hydrogens is 534 g/mol. The Kier molecular flexibility index (Phi) is 4.03. The number of nitrogens with zero attached hydrogens (tertiary/aromatic N) is 4. The van der Waals surface area contributed by atoms with Crippen molar-refractivity contribution in [2.75, 3.05) is 14.2 Å². The maximum Gasteiger partial charge on any atom is 0.199 e. The molecule has 120 valence electrons. The zero-order valence-electron chi connectivity index (χ0n) is 12.7. The fraction of sp³-hybridized carbons (Fsp3) is 0.125. The third-order valence-corrected chi connectivity index (χ3v) is 5.38. The van der Waals surface area contributed by atoms with Crippen LogP contribution in [0.5, 0.6) is 11.5 Å². The summed E-state index contributed by atoms with van der Waals surface area (Å²) in [6.45, 7) is 0. The van der Waals surface area contributed by atoms with E-state index < -0.39 is 0 Å². The van der Waals surface area contributed by atoms with Crippen LogP contribution in [0.4, 0.5) is 0 Å². The minimum Gasteiger partial charge on any atom is -0.494 e. The third-order valence-electron chi connectivity index (χ3n) is 3.64. The number of rotatable bonds is 2. The first-order valence-electron chi connectivity index (χ1n) is 6.96. The van der Waals surface area contributed by atoms with Gasteiger partial charge in [0.15, 0.2) is 11.3 Å². The molecule has 0 aliphatic carbocycles. The van der Waals surface area contributed by atoms with E-state index in [1.807, 2.05) is 24.3 Å². The van der Waals surface area contributed by atoms with Gasteiger partial charge in [0.2, 0.25) is 0 Å². The summed E-state index contributed by atoms with van der Waals surface area (Å²) in [6, 6.07) is 7.65. The second-order valence-corrected chi connectivity index (χ2v) is 7.31. The van der Waals surface area contributed by atoms with Gasteiger partial charge in [-0.1, -0.05) is 0 Å². The van der Waals surface area contributed by atoms with Crippen LogP contribution >= 0.6 is 45.2 Å². The van der Waals surface area contributed by atoms with Crippen molar-refractivity contribution >= 4 is 78.5 Å². The van der Waals surface area contributed by atoms with E-state index in [1.54, 1.807) is 14.2 Å². The molecule has 6 nitrogen and oxygen atoms in total. The predicted octanol–water partition coefficient (Wildman–Crippen LogP) is 3.95. The van der Waals surface area contributed by atoms with Crippen LogP contribution in [0.15, 0.2) is 24.3 Å². The summed E-state index contributed by atoms with van der Waals surface area (Å²) in [5.41, 5.74) is 3.84. The van der Waals surface area contributed by atoms with Crippen LogP contribution in [-0.4, -0.2) is 34.2 Å². The molecule has 0 radical (unpaired) electrons. The Morgan fingerprint density at radius 2 is 1.00 bits per heavy atom. The molecule has 0 unspecified atom stereocenters. The molecule has 4 aromatic rings. The molecule has 2 heterocycles. The van der Waals surface area contributed by atoms with Gasteiger partial charge in [-0.25, -0.2) is 19.9 Å². The van der Waals surface area contributed by atoms with Crippen molar-refractivity contribution in [1.82, 2.24) is 19.9 Å². The molecule has 0 aliphatic rings. The summed E-state index contributed by atoms with van der Waals surface area (Å²) in [4.78, 5) is 18.6. The number of methoxy groups -OCH3 is 2. The molecule has 0 spiro atoms. The summed E-state index contributed by atoms with van der Waals surface area (Å²) in [6.07, 6.45) is 0. The summed E-state index contributed by atoms with van der Waals surface area (Å²) in [5, 5.41) is 0. The van der Waals surface area contributed by atoms with Crippen molar-refractivity contribution in [1.29, 1.82) is 0 Å². The van der Waals surface area contributed by atoms with Crippen LogP contribution in [0.1, 0.15) is 0 Å². The lowest BCUT2D eigenvalue weighted by Crippen LogP contribution is -1.99. The Hall–Kier alpha value is -1.56.